The van der Waals surface area contributed by atoms with Crippen LogP contribution in [0.3, 0.4) is 0 Å². The minimum absolute atomic E-state index is 0. The van der Waals surface area contributed by atoms with Gasteiger partial charge in [-0.3, -0.25) is 4.79 Å². The van der Waals surface area contributed by atoms with Crippen molar-refractivity contribution in [2.45, 2.75) is 69.4 Å². The summed E-state index contributed by atoms with van der Waals surface area (Å²) in [5.41, 5.74) is 0.160. The van der Waals surface area contributed by atoms with Crippen molar-refractivity contribution < 1.29 is 9.32 Å². The molecular formula is C18H27ClN4O2. The molecule has 4 bridgehead atoms. The van der Waals surface area contributed by atoms with Crippen LogP contribution in [0.5, 0.6) is 0 Å². The van der Waals surface area contributed by atoms with Crippen LogP contribution in [0.2, 0.25) is 0 Å². The monoisotopic (exact) mass is 366 g/mol. The first-order valence-electron chi connectivity index (χ1n) is 9.54. The third-order valence-corrected chi connectivity index (χ3v) is 6.77. The highest BCUT2D eigenvalue weighted by molar-refractivity contribution is 5.85. The van der Waals surface area contributed by atoms with Crippen molar-refractivity contribution >= 4 is 18.3 Å². The van der Waals surface area contributed by atoms with E-state index in [0.29, 0.717) is 12.4 Å². The molecule has 5 aliphatic rings. The van der Waals surface area contributed by atoms with Crippen LogP contribution in [0.4, 0.5) is 0 Å². The van der Waals surface area contributed by atoms with E-state index in [1.807, 2.05) is 0 Å². The molecule has 4 aliphatic carbocycles. The average molecular weight is 367 g/mol. The van der Waals surface area contributed by atoms with Gasteiger partial charge in [-0.25, -0.2) is 0 Å². The Morgan fingerprint density at radius 2 is 1.88 bits per heavy atom. The van der Waals surface area contributed by atoms with Gasteiger partial charge in [-0.2, -0.15) is 4.98 Å². The smallest absolute Gasteiger partial charge is 0.246 e. The zero-order chi connectivity index (χ0) is 16.1. The van der Waals surface area contributed by atoms with Gasteiger partial charge in [0.15, 0.2) is 5.82 Å². The van der Waals surface area contributed by atoms with Crippen molar-refractivity contribution in [3.05, 3.63) is 11.7 Å². The highest BCUT2D eigenvalue weighted by atomic mass is 35.5. The zero-order valence-corrected chi connectivity index (χ0v) is 15.3. The Balaban J connectivity index is 0.00000157. The van der Waals surface area contributed by atoms with Gasteiger partial charge in [-0.15, -0.1) is 12.4 Å². The van der Waals surface area contributed by atoms with Crippen molar-refractivity contribution in [1.29, 1.82) is 0 Å². The van der Waals surface area contributed by atoms with Crippen molar-refractivity contribution in [2.24, 2.45) is 17.8 Å². The molecule has 138 valence electrons. The first-order chi connectivity index (χ1) is 11.7. The van der Waals surface area contributed by atoms with E-state index in [2.05, 4.69) is 20.8 Å². The highest BCUT2D eigenvalue weighted by Gasteiger charge is 2.53. The van der Waals surface area contributed by atoms with Gasteiger partial charge in [0.05, 0.1) is 12.6 Å². The Kier molecular flexibility index (Phi) is 4.52. The molecule has 0 spiro atoms. The molecule has 2 heterocycles. The molecular weight excluding hydrogens is 340 g/mol. The second kappa shape index (κ2) is 6.54. The predicted molar refractivity (Wildman–Crippen MR) is 94.3 cm³/mol. The maximum absolute atomic E-state index is 12.1. The molecule has 0 aromatic carbocycles. The van der Waals surface area contributed by atoms with Gasteiger partial charge in [-0.1, -0.05) is 5.16 Å². The summed E-state index contributed by atoms with van der Waals surface area (Å²) in [5.74, 6) is 4.10. The molecule has 4 saturated carbocycles. The molecule has 6 rings (SSSR count). The fraction of sp³-hybridized carbons (Fsp3) is 0.833. The van der Waals surface area contributed by atoms with E-state index in [4.69, 9.17) is 4.52 Å². The predicted octanol–water partition coefficient (Wildman–Crippen LogP) is 2.33. The van der Waals surface area contributed by atoms with Crippen LogP contribution < -0.4 is 10.6 Å². The molecule has 1 aliphatic heterocycles. The first kappa shape index (κ1) is 17.3. The van der Waals surface area contributed by atoms with E-state index >= 15 is 0 Å². The lowest BCUT2D eigenvalue weighted by Crippen LogP contribution is -2.49. The van der Waals surface area contributed by atoms with E-state index in [9.17, 15) is 4.79 Å². The molecule has 6 nitrogen and oxygen atoms in total. The molecule has 25 heavy (non-hydrogen) atoms. The Morgan fingerprint density at radius 3 is 2.48 bits per heavy atom. The van der Waals surface area contributed by atoms with Gasteiger partial charge in [0.1, 0.15) is 0 Å². The molecule has 1 atom stereocenters. The molecule has 1 aromatic heterocycles. The number of halogens is 1. The van der Waals surface area contributed by atoms with Gasteiger partial charge in [0, 0.05) is 5.41 Å². The van der Waals surface area contributed by atoms with Gasteiger partial charge in [-0.05, 0) is 75.7 Å². The fourth-order valence-electron chi connectivity index (χ4n) is 6.12. The Bertz CT molecular complexity index is 605. The molecule has 7 heteroatoms. The number of hydrogen-bond acceptors (Lipinski definition) is 5. The molecule has 1 unspecified atom stereocenters. The Hall–Kier alpha value is -1.14. The van der Waals surface area contributed by atoms with E-state index in [1.165, 1.54) is 38.5 Å². The summed E-state index contributed by atoms with van der Waals surface area (Å²) in [6, 6.07) is -0.0597. The summed E-state index contributed by atoms with van der Waals surface area (Å²) >= 11 is 0. The number of nitrogens with one attached hydrogen (secondary N) is 2. The highest BCUT2D eigenvalue weighted by Crippen LogP contribution is 2.60. The summed E-state index contributed by atoms with van der Waals surface area (Å²) in [7, 11) is 0. The second-order valence-corrected chi connectivity index (χ2v) is 8.58. The topological polar surface area (TPSA) is 80.1 Å². The molecule has 1 aromatic rings. The SMILES string of the molecule is Cl.O=C(NCc1nc(C23CC4CC(CC(C4)C2)C3)no1)C1CCCN1. The summed E-state index contributed by atoms with van der Waals surface area (Å²) in [6.07, 6.45) is 9.91. The van der Waals surface area contributed by atoms with Crippen LogP contribution in [0, 0.1) is 17.8 Å². The van der Waals surface area contributed by atoms with Gasteiger partial charge < -0.3 is 15.2 Å². The maximum Gasteiger partial charge on any atom is 0.246 e. The van der Waals surface area contributed by atoms with Crippen LogP contribution in [-0.4, -0.2) is 28.6 Å². The number of carbonyl (C=O) groups is 1. The summed E-state index contributed by atoms with van der Waals surface area (Å²) in [5, 5.41) is 10.5. The van der Waals surface area contributed by atoms with Crippen molar-refractivity contribution in [2.75, 3.05) is 6.54 Å². The lowest BCUT2D eigenvalue weighted by atomic mass is 9.49. The average Bonchev–Trinajstić information content (AvgIpc) is 3.23. The number of rotatable bonds is 4. The maximum atomic E-state index is 12.1. The van der Waals surface area contributed by atoms with Gasteiger partial charge in [0.25, 0.3) is 0 Å². The van der Waals surface area contributed by atoms with Crippen LogP contribution in [0.15, 0.2) is 4.52 Å². The van der Waals surface area contributed by atoms with Gasteiger partial charge in [0.2, 0.25) is 11.8 Å². The molecule has 2 N–H and O–H groups in total. The molecule has 0 radical (unpaired) electrons. The van der Waals surface area contributed by atoms with Crippen LogP contribution in [-0.2, 0) is 16.8 Å². The molecule has 5 fully saturated rings. The van der Waals surface area contributed by atoms with Crippen LogP contribution >= 0.6 is 12.4 Å². The molecule has 1 amide bonds. The largest absolute Gasteiger partial charge is 0.346 e. The Labute approximate surface area is 154 Å². The van der Waals surface area contributed by atoms with E-state index < -0.39 is 0 Å². The number of nitrogens with zero attached hydrogens (tertiary/aromatic N) is 2. The van der Waals surface area contributed by atoms with Crippen LogP contribution in [0.1, 0.15) is 63.1 Å². The third kappa shape index (κ3) is 3.08. The van der Waals surface area contributed by atoms with E-state index in [1.54, 1.807) is 0 Å². The number of aromatic nitrogens is 2. The summed E-state index contributed by atoms with van der Waals surface area (Å²) < 4.78 is 5.47. The fourth-order valence-corrected chi connectivity index (χ4v) is 6.12. The summed E-state index contributed by atoms with van der Waals surface area (Å²) in [6.45, 7) is 1.27. The zero-order valence-electron chi connectivity index (χ0n) is 14.5. The normalized spacial score (nSPS) is 38.6. The van der Waals surface area contributed by atoms with E-state index in [-0.39, 0.29) is 29.8 Å². The van der Waals surface area contributed by atoms with Gasteiger partial charge >= 0.3 is 0 Å². The van der Waals surface area contributed by atoms with E-state index in [0.717, 1.165) is 43.0 Å². The number of hydrogen-bond donors (Lipinski definition) is 2. The molecule has 1 saturated heterocycles. The Morgan fingerprint density at radius 1 is 1.20 bits per heavy atom. The second-order valence-electron chi connectivity index (χ2n) is 8.58. The standard InChI is InChI=1S/C18H26N4O2.ClH/c23-16(14-2-1-3-19-14)20-10-15-21-17(22-24-15)18-7-11-4-12(8-18)6-13(5-11)9-18;/h11-14,19H,1-10H2,(H,20,23);1H. The number of carbonyl (C=O) groups excluding carboxylic acids is 1. The lowest BCUT2D eigenvalue weighted by Gasteiger charge is -2.55. The van der Waals surface area contributed by atoms with Crippen molar-refractivity contribution in [3.8, 4) is 0 Å². The van der Waals surface area contributed by atoms with Crippen molar-refractivity contribution in [3.63, 3.8) is 0 Å². The minimum atomic E-state index is -0.0597. The minimum Gasteiger partial charge on any atom is -0.346 e. The lowest BCUT2D eigenvalue weighted by molar-refractivity contribution is -0.123. The summed E-state index contributed by atoms with van der Waals surface area (Å²) in [4.78, 5) is 16.8. The van der Waals surface area contributed by atoms with Crippen molar-refractivity contribution in [1.82, 2.24) is 20.8 Å². The number of amides is 1. The first-order valence-corrected chi connectivity index (χ1v) is 9.54. The van der Waals surface area contributed by atoms with Crippen LogP contribution in [0.25, 0.3) is 0 Å². The quantitative estimate of drug-likeness (QED) is 0.854. The third-order valence-electron chi connectivity index (χ3n) is 6.77.